The lowest BCUT2D eigenvalue weighted by Crippen LogP contribution is -2.50. The molecule has 1 unspecified atom stereocenters. The number of aromatic nitrogens is 5. The molecule has 147 valence electrons. The molecule has 0 aliphatic carbocycles. The summed E-state index contributed by atoms with van der Waals surface area (Å²) < 4.78 is 1.89. The van der Waals surface area contributed by atoms with Crippen molar-refractivity contribution >= 4 is 34.9 Å². The molecule has 3 N–H and O–H groups in total. The Morgan fingerprint density at radius 3 is 3.03 bits per heavy atom. The number of aliphatic hydroxyl groups excluding tert-OH is 1. The van der Waals surface area contributed by atoms with Crippen LogP contribution in [-0.4, -0.2) is 48.9 Å². The van der Waals surface area contributed by atoms with Crippen LogP contribution in [-0.2, 0) is 0 Å². The number of anilines is 3. The van der Waals surface area contributed by atoms with Crippen LogP contribution in [0.5, 0.6) is 0 Å². The minimum absolute atomic E-state index is 0.168. The third-order valence-electron chi connectivity index (χ3n) is 4.94. The number of benzene rings is 1. The fourth-order valence-corrected chi connectivity index (χ4v) is 4.14. The highest BCUT2D eigenvalue weighted by atomic mass is 32.2. The molecule has 4 heterocycles. The van der Waals surface area contributed by atoms with Gasteiger partial charge in [-0.2, -0.15) is 10.1 Å². The Labute approximate surface area is 172 Å². The maximum Gasteiger partial charge on any atom is 0.216 e. The van der Waals surface area contributed by atoms with E-state index in [1.54, 1.807) is 0 Å². The molecule has 1 aliphatic rings. The van der Waals surface area contributed by atoms with E-state index >= 15 is 0 Å². The van der Waals surface area contributed by atoms with Gasteiger partial charge < -0.3 is 15.3 Å². The lowest BCUT2D eigenvalue weighted by molar-refractivity contribution is 0.226. The summed E-state index contributed by atoms with van der Waals surface area (Å²) in [7, 11) is 0. The summed E-state index contributed by atoms with van der Waals surface area (Å²) in [5.74, 6) is 1.36. The normalized spacial score (nSPS) is 16.2. The zero-order chi connectivity index (χ0) is 19.8. The van der Waals surface area contributed by atoms with Crippen molar-refractivity contribution in [2.75, 3.05) is 23.4 Å². The molecule has 3 aromatic heterocycles. The molecular weight excluding hydrogens is 386 g/mol. The van der Waals surface area contributed by atoms with Crippen molar-refractivity contribution in [2.45, 2.75) is 29.4 Å². The molecule has 5 rings (SSSR count). The summed E-state index contributed by atoms with van der Waals surface area (Å²) in [6, 6.07) is 15.2. The first-order chi connectivity index (χ1) is 14.2. The first kappa shape index (κ1) is 18.0. The Hall–Kier alpha value is -3.04. The van der Waals surface area contributed by atoms with Crippen LogP contribution in [0.15, 0.2) is 52.6 Å². The van der Waals surface area contributed by atoms with Crippen LogP contribution < -0.4 is 10.2 Å². The third kappa shape index (κ3) is 3.54. The van der Waals surface area contributed by atoms with Gasteiger partial charge in [-0.15, -0.1) is 0 Å². The Balaban J connectivity index is 1.43. The first-order valence-electron chi connectivity index (χ1n) is 9.41. The molecule has 0 spiro atoms. The molecule has 1 aliphatic heterocycles. The minimum Gasteiger partial charge on any atom is -0.394 e. The van der Waals surface area contributed by atoms with Crippen molar-refractivity contribution in [3.63, 3.8) is 0 Å². The highest BCUT2D eigenvalue weighted by molar-refractivity contribution is 7.99. The van der Waals surface area contributed by atoms with Gasteiger partial charge in [0.05, 0.1) is 12.6 Å². The summed E-state index contributed by atoms with van der Waals surface area (Å²) in [6.45, 7) is 3.06. The second kappa shape index (κ2) is 7.41. The number of hydrogen-bond donors (Lipinski definition) is 3. The maximum absolute atomic E-state index is 9.46. The second-order valence-electron chi connectivity index (χ2n) is 6.96. The number of aryl methyl sites for hydroxylation is 1. The standard InChI is InChI=1S/C20H20N7OS/c1-13-10-17(25-24-13)21-19-23-20(22-18-6-3-8-27(18)19)29-16-5-2-4-14(11-16)26-9-7-15(26)12-28/h2-3,5-6,8,10-11,15,28H,7,9,12H2,1H3,(H2,21,22,23,24,25). The minimum atomic E-state index is 0.168. The van der Waals surface area contributed by atoms with Gasteiger partial charge in [-0.05, 0) is 49.4 Å². The van der Waals surface area contributed by atoms with E-state index in [1.165, 1.54) is 11.8 Å². The van der Waals surface area contributed by atoms with Crippen molar-refractivity contribution in [1.29, 1.82) is 0 Å². The summed E-state index contributed by atoms with van der Waals surface area (Å²) >= 11 is 1.50. The number of hydrogen-bond acceptors (Lipinski definition) is 7. The Morgan fingerprint density at radius 1 is 1.34 bits per heavy atom. The van der Waals surface area contributed by atoms with Crippen LogP contribution in [0, 0.1) is 13.0 Å². The molecule has 8 nitrogen and oxygen atoms in total. The Morgan fingerprint density at radius 2 is 2.28 bits per heavy atom. The second-order valence-corrected chi connectivity index (χ2v) is 8.00. The summed E-state index contributed by atoms with van der Waals surface area (Å²) in [5.41, 5.74) is 2.78. The number of H-pyrrole nitrogens is 1. The fraction of sp³-hybridized carbons (Fsp3) is 0.250. The molecule has 4 aromatic rings. The van der Waals surface area contributed by atoms with Gasteiger partial charge in [0.25, 0.3) is 0 Å². The molecule has 1 radical (unpaired) electrons. The van der Waals surface area contributed by atoms with E-state index in [2.05, 4.69) is 37.5 Å². The SMILES string of the molecule is Cc1cc(Nc2nc(Sc3cc[c]c(N4CCC4CO)c3)nc3cccn23)n[nH]1. The predicted octanol–water partition coefficient (Wildman–Crippen LogP) is 3.03. The van der Waals surface area contributed by atoms with Crippen molar-refractivity contribution in [3.05, 3.63) is 54.4 Å². The molecule has 1 aromatic carbocycles. The number of nitrogens with zero attached hydrogens (tertiary/aromatic N) is 5. The number of fused-ring (bicyclic) bond motifs is 1. The van der Waals surface area contributed by atoms with Crippen molar-refractivity contribution in [3.8, 4) is 0 Å². The van der Waals surface area contributed by atoms with Gasteiger partial charge >= 0.3 is 0 Å². The van der Waals surface area contributed by atoms with E-state index in [1.807, 2.05) is 47.9 Å². The average molecular weight is 406 g/mol. The highest BCUT2D eigenvalue weighted by Crippen LogP contribution is 2.32. The van der Waals surface area contributed by atoms with Crippen LogP contribution in [0.2, 0.25) is 0 Å². The molecule has 0 amide bonds. The molecule has 1 fully saturated rings. The lowest BCUT2D eigenvalue weighted by Gasteiger charge is -2.41. The quantitative estimate of drug-likeness (QED) is 0.453. The zero-order valence-corrected chi connectivity index (χ0v) is 16.6. The molecule has 0 saturated carbocycles. The van der Waals surface area contributed by atoms with Crippen LogP contribution in [0.25, 0.3) is 5.65 Å². The average Bonchev–Trinajstić information content (AvgIpc) is 3.30. The largest absolute Gasteiger partial charge is 0.394 e. The van der Waals surface area contributed by atoms with Gasteiger partial charge in [0.1, 0.15) is 5.65 Å². The van der Waals surface area contributed by atoms with Gasteiger partial charge in [0, 0.05) is 41.2 Å². The highest BCUT2D eigenvalue weighted by Gasteiger charge is 2.27. The van der Waals surface area contributed by atoms with Crippen LogP contribution in [0.1, 0.15) is 12.1 Å². The van der Waals surface area contributed by atoms with Crippen molar-refractivity contribution < 1.29 is 5.11 Å². The van der Waals surface area contributed by atoms with Crippen LogP contribution >= 0.6 is 11.8 Å². The lowest BCUT2D eigenvalue weighted by atomic mass is 10.0. The Kier molecular flexibility index (Phi) is 4.61. The molecule has 1 saturated heterocycles. The van der Waals surface area contributed by atoms with E-state index in [9.17, 15) is 5.11 Å². The smallest absolute Gasteiger partial charge is 0.216 e. The van der Waals surface area contributed by atoms with Gasteiger partial charge in [-0.1, -0.05) is 6.07 Å². The molecule has 0 bridgehead atoms. The topological polar surface area (TPSA) is 94.4 Å². The molecular formula is C20H20N7OS. The summed E-state index contributed by atoms with van der Waals surface area (Å²) in [6.07, 6.45) is 2.93. The first-order valence-corrected chi connectivity index (χ1v) is 10.2. The van der Waals surface area contributed by atoms with Gasteiger partial charge in [0.2, 0.25) is 5.95 Å². The van der Waals surface area contributed by atoms with Crippen LogP contribution in [0.3, 0.4) is 0 Å². The number of aromatic amines is 1. The van der Waals surface area contributed by atoms with Crippen molar-refractivity contribution in [1.82, 2.24) is 24.6 Å². The fourth-order valence-electron chi connectivity index (χ4n) is 3.36. The predicted molar refractivity (Wildman–Crippen MR) is 112 cm³/mol. The van der Waals surface area contributed by atoms with Gasteiger partial charge in [-0.3, -0.25) is 9.50 Å². The number of rotatable bonds is 6. The van der Waals surface area contributed by atoms with E-state index in [4.69, 9.17) is 4.98 Å². The van der Waals surface area contributed by atoms with Gasteiger partial charge in [0.15, 0.2) is 11.0 Å². The number of nitrogens with one attached hydrogen (secondary N) is 2. The monoisotopic (exact) mass is 406 g/mol. The van der Waals surface area contributed by atoms with Gasteiger partial charge in [-0.25, -0.2) is 4.98 Å². The van der Waals surface area contributed by atoms with E-state index < -0.39 is 0 Å². The van der Waals surface area contributed by atoms with Crippen molar-refractivity contribution in [2.24, 2.45) is 0 Å². The maximum atomic E-state index is 9.46. The van der Waals surface area contributed by atoms with E-state index in [0.717, 1.165) is 34.9 Å². The van der Waals surface area contributed by atoms with E-state index in [-0.39, 0.29) is 12.6 Å². The third-order valence-corrected chi connectivity index (χ3v) is 5.80. The number of aliphatic hydroxyl groups is 1. The summed E-state index contributed by atoms with van der Waals surface area (Å²) in [5, 5.41) is 20.5. The van der Waals surface area contributed by atoms with E-state index in [0.29, 0.717) is 16.9 Å². The molecule has 29 heavy (non-hydrogen) atoms. The molecule has 9 heteroatoms. The molecule has 1 atom stereocenters. The summed E-state index contributed by atoms with van der Waals surface area (Å²) in [4.78, 5) is 12.6. The van der Waals surface area contributed by atoms with Crippen LogP contribution in [0.4, 0.5) is 17.5 Å². The zero-order valence-electron chi connectivity index (χ0n) is 15.8. The Bertz CT molecular complexity index is 1150.